The summed E-state index contributed by atoms with van der Waals surface area (Å²) in [5.41, 5.74) is 16.3. The van der Waals surface area contributed by atoms with E-state index in [1.165, 1.54) is 66.1 Å². The molecule has 9 rings (SSSR count). The SMILES string of the molecule is CC1(N)c2ccc(-n3c4ccccc4c4ccccc43)cc2C2C=C(n3c4ccccc4c4ccccc43)C=CC21C. The third kappa shape index (κ3) is 2.89. The highest BCUT2D eigenvalue weighted by Gasteiger charge is 2.54. The molecule has 0 aliphatic heterocycles. The first-order chi connectivity index (χ1) is 20.5. The number of fused-ring (bicyclic) bond motifs is 9. The average molecular weight is 542 g/mol. The van der Waals surface area contributed by atoms with Crippen molar-refractivity contribution in [2.45, 2.75) is 25.3 Å². The molecule has 0 radical (unpaired) electrons. The van der Waals surface area contributed by atoms with E-state index in [0.717, 1.165) is 0 Å². The van der Waals surface area contributed by atoms with Gasteiger partial charge in [-0.2, -0.15) is 0 Å². The fourth-order valence-corrected chi connectivity index (χ4v) is 7.93. The zero-order chi connectivity index (χ0) is 28.2. The Hall–Kier alpha value is -4.86. The maximum absolute atomic E-state index is 7.28. The van der Waals surface area contributed by atoms with Gasteiger partial charge < -0.3 is 14.9 Å². The molecule has 2 aliphatic rings. The van der Waals surface area contributed by atoms with Crippen molar-refractivity contribution in [2.24, 2.45) is 11.1 Å². The number of benzene rings is 5. The first-order valence-electron chi connectivity index (χ1n) is 14.8. The van der Waals surface area contributed by atoms with Crippen molar-refractivity contribution < 1.29 is 0 Å². The van der Waals surface area contributed by atoms with Crippen LogP contribution in [-0.2, 0) is 5.54 Å². The molecule has 2 aromatic heterocycles. The molecule has 3 unspecified atom stereocenters. The predicted octanol–water partition coefficient (Wildman–Crippen LogP) is 9.28. The minimum Gasteiger partial charge on any atom is -0.321 e. The number of allylic oxidation sites excluding steroid dienone is 3. The molecule has 3 heteroatoms. The Morgan fingerprint density at radius 3 is 1.60 bits per heavy atom. The quantitative estimate of drug-likeness (QED) is 0.233. The van der Waals surface area contributed by atoms with Gasteiger partial charge in [-0.05, 0) is 60.5 Å². The summed E-state index contributed by atoms with van der Waals surface area (Å²) in [6.07, 6.45) is 7.13. The van der Waals surface area contributed by atoms with E-state index in [1.54, 1.807) is 0 Å². The van der Waals surface area contributed by atoms with Crippen LogP contribution in [-0.4, -0.2) is 9.13 Å². The molecule has 42 heavy (non-hydrogen) atoms. The third-order valence-electron chi connectivity index (χ3n) is 10.3. The molecule has 0 bridgehead atoms. The number of hydrogen-bond donors (Lipinski definition) is 1. The Kier molecular flexibility index (Phi) is 4.60. The fourth-order valence-electron chi connectivity index (χ4n) is 7.93. The van der Waals surface area contributed by atoms with Gasteiger partial charge in [-0.15, -0.1) is 0 Å². The van der Waals surface area contributed by atoms with E-state index in [2.05, 4.69) is 156 Å². The summed E-state index contributed by atoms with van der Waals surface area (Å²) in [6.45, 7) is 4.53. The summed E-state index contributed by atoms with van der Waals surface area (Å²) in [4.78, 5) is 0. The Bertz CT molecular complexity index is 2200. The van der Waals surface area contributed by atoms with Gasteiger partial charge in [0.15, 0.2) is 0 Å². The molecule has 3 atom stereocenters. The minimum atomic E-state index is -0.508. The number of hydrogen-bond acceptors (Lipinski definition) is 1. The Balaban J connectivity index is 1.29. The molecular formula is C39H31N3. The summed E-state index contributed by atoms with van der Waals surface area (Å²) in [5, 5.41) is 5.10. The van der Waals surface area contributed by atoms with Gasteiger partial charge in [0.05, 0.1) is 22.1 Å². The Labute approximate surface area is 244 Å². The van der Waals surface area contributed by atoms with Crippen LogP contribution in [0.4, 0.5) is 0 Å². The van der Waals surface area contributed by atoms with E-state index in [0.29, 0.717) is 0 Å². The van der Waals surface area contributed by atoms with E-state index < -0.39 is 5.54 Å². The Morgan fingerprint density at radius 1 is 0.595 bits per heavy atom. The number of para-hydroxylation sites is 4. The lowest BCUT2D eigenvalue weighted by atomic mass is 9.66. The minimum absolute atomic E-state index is 0.135. The van der Waals surface area contributed by atoms with E-state index in [4.69, 9.17) is 5.73 Å². The van der Waals surface area contributed by atoms with Gasteiger partial charge in [0.1, 0.15) is 0 Å². The molecule has 202 valence electrons. The van der Waals surface area contributed by atoms with Crippen LogP contribution >= 0.6 is 0 Å². The molecule has 3 nitrogen and oxygen atoms in total. The van der Waals surface area contributed by atoms with Crippen molar-refractivity contribution in [3.8, 4) is 5.69 Å². The van der Waals surface area contributed by atoms with Crippen molar-refractivity contribution in [2.75, 3.05) is 0 Å². The molecule has 0 saturated heterocycles. The van der Waals surface area contributed by atoms with Crippen molar-refractivity contribution in [1.82, 2.24) is 9.13 Å². The summed E-state index contributed by atoms with van der Waals surface area (Å²) in [7, 11) is 0. The van der Waals surface area contributed by atoms with Crippen molar-refractivity contribution >= 4 is 49.3 Å². The standard InChI is InChI=1S/C39H31N3/c1-38-22-21-26(42-36-17-9-5-13-29(36)30-14-6-10-18-37(30)42)24-33(38)31-23-25(19-20-32(31)39(38,2)40)41-34-15-7-3-11-27(34)28-12-4-8-16-35(28)41/h3-24,33H,40H2,1-2H3. The molecule has 2 aliphatic carbocycles. The van der Waals surface area contributed by atoms with E-state index in [-0.39, 0.29) is 11.3 Å². The molecule has 0 spiro atoms. The smallest absolute Gasteiger partial charge is 0.0541 e. The maximum atomic E-state index is 7.28. The number of aromatic nitrogens is 2. The highest BCUT2D eigenvalue weighted by Crippen LogP contribution is 2.60. The van der Waals surface area contributed by atoms with E-state index in [9.17, 15) is 0 Å². The molecule has 2 heterocycles. The summed E-state index contributed by atoms with van der Waals surface area (Å²) in [6, 6.07) is 41.8. The van der Waals surface area contributed by atoms with Gasteiger partial charge in [0, 0.05) is 49.8 Å². The van der Waals surface area contributed by atoms with Crippen LogP contribution < -0.4 is 5.73 Å². The lowest BCUT2D eigenvalue weighted by Crippen LogP contribution is -2.46. The van der Waals surface area contributed by atoms with Crippen LogP contribution in [0.25, 0.3) is 55.0 Å². The monoisotopic (exact) mass is 541 g/mol. The molecular weight excluding hydrogens is 510 g/mol. The van der Waals surface area contributed by atoms with Crippen LogP contribution in [0.2, 0.25) is 0 Å². The van der Waals surface area contributed by atoms with Crippen molar-refractivity contribution in [3.05, 3.63) is 145 Å². The second-order valence-electron chi connectivity index (χ2n) is 12.4. The van der Waals surface area contributed by atoms with Gasteiger partial charge in [0.2, 0.25) is 0 Å². The molecule has 5 aromatic carbocycles. The predicted molar refractivity (Wildman–Crippen MR) is 176 cm³/mol. The topological polar surface area (TPSA) is 35.9 Å². The van der Waals surface area contributed by atoms with E-state index in [1.807, 2.05) is 0 Å². The van der Waals surface area contributed by atoms with Crippen LogP contribution in [0.5, 0.6) is 0 Å². The molecule has 7 aromatic rings. The Morgan fingerprint density at radius 2 is 1.07 bits per heavy atom. The number of nitrogens with zero attached hydrogens (tertiary/aromatic N) is 2. The summed E-state index contributed by atoms with van der Waals surface area (Å²) >= 11 is 0. The molecule has 0 fully saturated rings. The van der Waals surface area contributed by atoms with Crippen LogP contribution in [0.1, 0.15) is 30.9 Å². The zero-order valence-corrected chi connectivity index (χ0v) is 23.8. The molecule has 0 amide bonds. The lowest BCUT2D eigenvalue weighted by molar-refractivity contribution is 0.230. The van der Waals surface area contributed by atoms with Gasteiger partial charge in [-0.3, -0.25) is 0 Å². The normalized spacial score (nSPS) is 23.1. The van der Waals surface area contributed by atoms with Gasteiger partial charge >= 0.3 is 0 Å². The fraction of sp³-hybridized carbons (Fsp3) is 0.128. The first kappa shape index (κ1) is 23.8. The summed E-state index contributed by atoms with van der Waals surface area (Å²) < 4.78 is 4.83. The second kappa shape index (κ2) is 8.12. The lowest BCUT2D eigenvalue weighted by Gasteiger charge is -2.41. The average Bonchev–Trinajstić information content (AvgIpc) is 3.59. The largest absolute Gasteiger partial charge is 0.321 e. The van der Waals surface area contributed by atoms with Gasteiger partial charge in [-0.1, -0.05) is 97.9 Å². The molecule has 0 saturated carbocycles. The number of nitrogens with two attached hydrogens (primary N) is 1. The van der Waals surface area contributed by atoms with E-state index >= 15 is 0 Å². The highest BCUT2D eigenvalue weighted by molar-refractivity contribution is 6.11. The highest BCUT2D eigenvalue weighted by atomic mass is 15.0. The second-order valence-corrected chi connectivity index (χ2v) is 12.4. The van der Waals surface area contributed by atoms with Crippen LogP contribution in [0.15, 0.2) is 133 Å². The maximum Gasteiger partial charge on any atom is 0.0541 e. The third-order valence-corrected chi connectivity index (χ3v) is 10.3. The number of rotatable bonds is 2. The van der Waals surface area contributed by atoms with Crippen molar-refractivity contribution in [1.29, 1.82) is 0 Å². The van der Waals surface area contributed by atoms with Crippen molar-refractivity contribution in [3.63, 3.8) is 0 Å². The van der Waals surface area contributed by atoms with Crippen LogP contribution in [0.3, 0.4) is 0 Å². The van der Waals surface area contributed by atoms with Gasteiger partial charge in [-0.25, -0.2) is 0 Å². The van der Waals surface area contributed by atoms with Crippen LogP contribution in [0, 0.1) is 5.41 Å². The first-order valence-corrected chi connectivity index (χ1v) is 14.8. The zero-order valence-electron chi connectivity index (χ0n) is 23.8. The summed E-state index contributed by atoms with van der Waals surface area (Å²) in [5.74, 6) is 0.135. The van der Waals surface area contributed by atoms with Gasteiger partial charge in [0.25, 0.3) is 0 Å². The molecule has 2 N–H and O–H groups in total.